The molecule has 0 amide bonds. The number of rotatable bonds is 2. The first-order valence-corrected chi connectivity index (χ1v) is 7.11. The number of fused-ring (bicyclic) bond motifs is 1. The predicted molar refractivity (Wildman–Crippen MR) is 74.0 cm³/mol. The van der Waals surface area contributed by atoms with Crippen LogP contribution >= 0.6 is 34.5 Å². The molecule has 5 heteroatoms. The first kappa shape index (κ1) is 12.3. The lowest BCUT2D eigenvalue weighted by molar-refractivity contribution is 0.217. The van der Waals surface area contributed by atoms with Crippen LogP contribution in [0.2, 0.25) is 9.36 Å². The minimum Gasteiger partial charge on any atom is -0.493 e. The van der Waals surface area contributed by atoms with Gasteiger partial charge in [0, 0.05) is 21.9 Å². The molecule has 2 aromatic rings. The van der Waals surface area contributed by atoms with E-state index in [0.717, 1.165) is 22.6 Å². The number of aliphatic hydroxyl groups is 1. The zero-order valence-electron chi connectivity index (χ0n) is 9.32. The largest absolute Gasteiger partial charge is 0.493 e. The quantitative estimate of drug-likeness (QED) is 0.906. The van der Waals surface area contributed by atoms with Gasteiger partial charge in [0.25, 0.3) is 0 Å². The maximum atomic E-state index is 10.4. The first-order valence-electron chi connectivity index (χ1n) is 5.53. The molecule has 18 heavy (non-hydrogen) atoms. The number of benzene rings is 1. The van der Waals surface area contributed by atoms with Crippen LogP contribution in [0.4, 0.5) is 0 Å². The molecule has 0 spiro atoms. The van der Waals surface area contributed by atoms with Crippen molar-refractivity contribution in [3.63, 3.8) is 0 Å². The molecule has 1 N–H and O–H groups in total. The number of ether oxygens (including phenoxy) is 1. The van der Waals surface area contributed by atoms with E-state index in [1.807, 2.05) is 12.1 Å². The standard InChI is InChI=1S/C13H10Cl2O2S/c14-8-5-7-3-4-17-13(7)9(6-8)12(16)10-1-2-11(15)18-10/h1-2,5-6,12,16H,3-4H2. The first-order chi connectivity index (χ1) is 8.65. The van der Waals surface area contributed by atoms with E-state index >= 15 is 0 Å². The van der Waals surface area contributed by atoms with E-state index in [-0.39, 0.29) is 0 Å². The Kier molecular flexibility index (Phi) is 3.24. The second kappa shape index (κ2) is 4.74. The number of hydrogen-bond donors (Lipinski definition) is 1. The van der Waals surface area contributed by atoms with Crippen LogP contribution in [0.15, 0.2) is 24.3 Å². The van der Waals surface area contributed by atoms with Crippen molar-refractivity contribution in [1.29, 1.82) is 0 Å². The summed E-state index contributed by atoms with van der Waals surface area (Å²) in [6.07, 6.45) is 0.0916. The fraction of sp³-hybridized carbons (Fsp3) is 0.231. The van der Waals surface area contributed by atoms with Gasteiger partial charge in [0.05, 0.1) is 10.9 Å². The molecule has 0 saturated carbocycles. The third kappa shape index (κ3) is 2.12. The molecule has 1 aromatic carbocycles. The molecule has 0 fully saturated rings. The van der Waals surface area contributed by atoms with Crippen molar-refractivity contribution in [2.45, 2.75) is 12.5 Å². The van der Waals surface area contributed by atoms with Crippen LogP contribution in [0.5, 0.6) is 5.75 Å². The molecule has 0 bridgehead atoms. The van der Waals surface area contributed by atoms with E-state index in [2.05, 4.69) is 0 Å². The summed E-state index contributed by atoms with van der Waals surface area (Å²) in [6, 6.07) is 7.24. The summed E-state index contributed by atoms with van der Waals surface area (Å²) in [6.45, 7) is 0.639. The zero-order valence-corrected chi connectivity index (χ0v) is 11.6. The van der Waals surface area contributed by atoms with E-state index < -0.39 is 6.10 Å². The van der Waals surface area contributed by atoms with Gasteiger partial charge in [-0.1, -0.05) is 23.2 Å². The molecule has 1 aliphatic heterocycles. The van der Waals surface area contributed by atoms with Crippen LogP contribution in [0.1, 0.15) is 22.1 Å². The molecule has 2 nitrogen and oxygen atoms in total. The van der Waals surface area contributed by atoms with Gasteiger partial charge < -0.3 is 9.84 Å². The van der Waals surface area contributed by atoms with Gasteiger partial charge in [-0.25, -0.2) is 0 Å². The minimum absolute atomic E-state index is 0.621. The Hall–Kier alpha value is -0.740. The molecule has 1 aromatic heterocycles. The second-order valence-electron chi connectivity index (χ2n) is 4.13. The van der Waals surface area contributed by atoms with Gasteiger partial charge in [-0.05, 0) is 29.8 Å². The highest BCUT2D eigenvalue weighted by Crippen LogP contribution is 2.40. The fourth-order valence-corrected chi connectivity index (χ4v) is 3.44. The lowest BCUT2D eigenvalue weighted by atomic mass is 10.0. The predicted octanol–water partition coefficient (Wildman–Crippen LogP) is 4.07. The monoisotopic (exact) mass is 300 g/mol. The maximum absolute atomic E-state index is 10.4. The topological polar surface area (TPSA) is 29.5 Å². The number of hydrogen-bond acceptors (Lipinski definition) is 3. The molecule has 1 atom stereocenters. The molecule has 2 heterocycles. The average molecular weight is 301 g/mol. The van der Waals surface area contributed by atoms with Crippen molar-refractivity contribution in [2.24, 2.45) is 0 Å². The van der Waals surface area contributed by atoms with E-state index in [0.29, 0.717) is 21.5 Å². The van der Waals surface area contributed by atoms with Crippen LogP contribution in [0.3, 0.4) is 0 Å². The molecule has 3 rings (SSSR count). The smallest absolute Gasteiger partial charge is 0.128 e. The summed E-state index contributed by atoms with van der Waals surface area (Å²) in [4.78, 5) is 0.792. The third-order valence-corrected chi connectivity index (χ3v) is 4.44. The summed E-state index contributed by atoms with van der Waals surface area (Å²) < 4.78 is 6.24. The second-order valence-corrected chi connectivity index (χ2v) is 6.31. The fourth-order valence-electron chi connectivity index (χ4n) is 2.13. The van der Waals surface area contributed by atoms with Gasteiger partial charge in [0.15, 0.2) is 0 Å². The summed E-state index contributed by atoms with van der Waals surface area (Å²) >= 11 is 13.3. The summed E-state index contributed by atoms with van der Waals surface area (Å²) in [5, 5.41) is 11.0. The highest BCUT2D eigenvalue weighted by molar-refractivity contribution is 7.16. The van der Waals surface area contributed by atoms with Crippen molar-refractivity contribution in [3.05, 3.63) is 49.6 Å². The van der Waals surface area contributed by atoms with Crippen molar-refractivity contribution in [2.75, 3.05) is 6.61 Å². The highest BCUT2D eigenvalue weighted by atomic mass is 35.5. The van der Waals surface area contributed by atoms with Crippen molar-refractivity contribution in [3.8, 4) is 5.75 Å². The summed E-state index contributed by atoms with van der Waals surface area (Å²) in [7, 11) is 0. The normalized spacial score (nSPS) is 15.3. The lowest BCUT2D eigenvalue weighted by Gasteiger charge is -2.13. The van der Waals surface area contributed by atoms with Crippen LogP contribution < -0.4 is 4.74 Å². The van der Waals surface area contributed by atoms with Gasteiger partial charge in [-0.15, -0.1) is 11.3 Å². The van der Waals surface area contributed by atoms with E-state index in [1.54, 1.807) is 12.1 Å². The van der Waals surface area contributed by atoms with Gasteiger partial charge >= 0.3 is 0 Å². The molecule has 1 unspecified atom stereocenters. The molecular formula is C13H10Cl2O2S. The van der Waals surface area contributed by atoms with Gasteiger partial charge in [0.1, 0.15) is 11.9 Å². The van der Waals surface area contributed by atoms with Crippen molar-refractivity contribution in [1.82, 2.24) is 0 Å². The van der Waals surface area contributed by atoms with Crippen LogP contribution in [-0.4, -0.2) is 11.7 Å². The Labute approximate surface area is 119 Å². The Morgan fingerprint density at radius 1 is 1.28 bits per heavy atom. The third-order valence-electron chi connectivity index (χ3n) is 2.94. The zero-order chi connectivity index (χ0) is 12.7. The van der Waals surface area contributed by atoms with Crippen LogP contribution in [-0.2, 0) is 6.42 Å². The van der Waals surface area contributed by atoms with Crippen LogP contribution in [0, 0.1) is 0 Å². The van der Waals surface area contributed by atoms with Crippen LogP contribution in [0.25, 0.3) is 0 Å². The Morgan fingerprint density at radius 3 is 2.83 bits per heavy atom. The van der Waals surface area contributed by atoms with E-state index in [9.17, 15) is 5.11 Å². The lowest BCUT2D eigenvalue weighted by Crippen LogP contribution is -2.00. The SMILES string of the molecule is OC(c1ccc(Cl)s1)c1cc(Cl)cc2c1OCC2. The highest BCUT2D eigenvalue weighted by Gasteiger charge is 2.24. The molecule has 0 radical (unpaired) electrons. The Morgan fingerprint density at radius 2 is 2.11 bits per heavy atom. The number of thiophene rings is 1. The molecular weight excluding hydrogens is 291 g/mol. The number of aliphatic hydroxyl groups excluding tert-OH is 1. The van der Waals surface area contributed by atoms with Crippen molar-refractivity contribution < 1.29 is 9.84 Å². The van der Waals surface area contributed by atoms with E-state index in [4.69, 9.17) is 27.9 Å². The molecule has 1 aliphatic rings. The van der Waals surface area contributed by atoms with Gasteiger partial charge in [0.2, 0.25) is 0 Å². The number of halogens is 2. The van der Waals surface area contributed by atoms with Gasteiger partial charge in [-0.3, -0.25) is 0 Å². The average Bonchev–Trinajstić information content (AvgIpc) is 2.95. The Bertz CT molecular complexity index is 595. The van der Waals surface area contributed by atoms with Gasteiger partial charge in [-0.2, -0.15) is 0 Å². The maximum Gasteiger partial charge on any atom is 0.128 e. The Balaban J connectivity index is 2.06. The summed E-state index contributed by atoms with van der Waals surface area (Å²) in [5.74, 6) is 0.761. The van der Waals surface area contributed by atoms with E-state index in [1.165, 1.54) is 11.3 Å². The molecule has 94 valence electrons. The molecule has 0 saturated heterocycles. The summed E-state index contributed by atoms with van der Waals surface area (Å²) in [5.41, 5.74) is 1.77. The minimum atomic E-state index is -0.743. The van der Waals surface area contributed by atoms with Crippen molar-refractivity contribution >= 4 is 34.5 Å². The molecule has 0 aliphatic carbocycles.